The number of likely N-dealkylation sites (tertiary alicyclic amines) is 1. The van der Waals surface area contributed by atoms with Crippen LogP contribution in [0, 0.1) is 11.8 Å². The molecule has 2 fully saturated rings. The van der Waals surface area contributed by atoms with Crippen LogP contribution in [0.15, 0.2) is 18.2 Å². The highest BCUT2D eigenvalue weighted by atomic mass is 16.5. The number of aliphatic hydroxyl groups is 1. The number of rotatable bonds is 6. The number of morpholine rings is 1. The van der Waals surface area contributed by atoms with E-state index in [0.717, 1.165) is 5.56 Å². The van der Waals surface area contributed by atoms with Gasteiger partial charge in [0.05, 0.1) is 33.5 Å². The topological polar surface area (TPSA) is 88.5 Å². The number of hydrogen-bond acceptors (Lipinski definition) is 6. The molecule has 2 atom stereocenters. The van der Waals surface area contributed by atoms with Crippen molar-refractivity contribution in [2.75, 3.05) is 47.1 Å². The summed E-state index contributed by atoms with van der Waals surface area (Å²) in [5, 5.41) is 9.94. The summed E-state index contributed by atoms with van der Waals surface area (Å²) in [6, 6.07) is 5.11. The molecule has 1 N–H and O–H groups in total. The monoisotopic (exact) mass is 434 g/mol. The Morgan fingerprint density at radius 2 is 1.81 bits per heavy atom. The predicted octanol–water partition coefficient (Wildman–Crippen LogP) is 1.86. The number of piperidine rings is 1. The van der Waals surface area contributed by atoms with Crippen LogP contribution in [-0.2, 0) is 14.3 Å². The lowest BCUT2D eigenvalue weighted by atomic mass is 9.91. The minimum absolute atomic E-state index is 0.0359. The number of aliphatic hydroxyl groups excluding tert-OH is 1. The van der Waals surface area contributed by atoms with E-state index < -0.39 is 12.1 Å². The minimum atomic E-state index is -0.515. The van der Waals surface area contributed by atoms with Gasteiger partial charge in [0.25, 0.3) is 0 Å². The number of hydrogen-bond donors (Lipinski definition) is 1. The summed E-state index contributed by atoms with van der Waals surface area (Å²) in [5.74, 6) is 1.18. The quantitative estimate of drug-likeness (QED) is 0.735. The fourth-order valence-electron chi connectivity index (χ4n) is 4.51. The zero-order chi connectivity index (χ0) is 22.5. The molecule has 3 rings (SSSR count). The summed E-state index contributed by atoms with van der Waals surface area (Å²) in [6.07, 6.45) is 0.784. The van der Waals surface area contributed by atoms with E-state index in [4.69, 9.17) is 14.2 Å². The van der Waals surface area contributed by atoms with Crippen LogP contribution >= 0.6 is 0 Å². The number of carbonyl (C=O) groups is 2. The third kappa shape index (κ3) is 4.96. The maximum absolute atomic E-state index is 13.5. The average Bonchev–Trinajstić information content (AvgIpc) is 2.82. The van der Waals surface area contributed by atoms with Gasteiger partial charge in [-0.25, -0.2) is 0 Å². The van der Waals surface area contributed by atoms with Gasteiger partial charge in [0.15, 0.2) is 11.5 Å². The molecule has 0 unspecified atom stereocenters. The predicted molar refractivity (Wildman–Crippen MR) is 115 cm³/mol. The highest BCUT2D eigenvalue weighted by molar-refractivity contribution is 5.81. The fourth-order valence-corrected chi connectivity index (χ4v) is 4.51. The molecule has 1 aromatic carbocycles. The molecule has 2 saturated heterocycles. The second-order valence-corrected chi connectivity index (χ2v) is 8.44. The van der Waals surface area contributed by atoms with Crippen molar-refractivity contribution in [3.63, 3.8) is 0 Å². The van der Waals surface area contributed by atoms with Crippen molar-refractivity contribution in [2.45, 2.75) is 38.8 Å². The molecule has 2 amide bonds. The van der Waals surface area contributed by atoms with Crippen molar-refractivity contribution in [3.8, 4) is 11.5 Å². The van der Waals surface area contributed by atoms with Crippen molar-refractivity contribution in [2.24, 2.45) is 11.8 Å². The smallest absolute Gasteiger partial charge is 0.226 e. The van der Waals surface area contributed by atoms with Gasteiger partial charge in [-0.1, -0.05) is 19.9 Å². The Morgan fingerprint density at radius 1 is 1.13 bits per heavy atom. The van der Waals surface area contributed by atoms with E-state index in [9.17, 15) is 14.7 Å². The lowest BCUT2D eigenvalue weighted by Gasteiger charge is -2.43. The van der Waals surface area contributed by atoms with Crippen LogP contribution in [0.4, 0.5) is 0 Å². The Kier molecular flexibility index (Phi) is 7.78. The van der Waals surface area contributed by atoms with Gasteiger partial charge in [-0.2, -0.15) is 0 Å². The van der Waals surface area contributed by atoms with E-state index in [1.54, 1.807) is 20.3 Å². The molecule has 0 aromatic heterocycles. The Hall–Kier alpha value is -2.32. The second kappa shape index (κ2) is 10.3. The Balaban J connectivity index is 1.80. The SMILES string of the molecule is COc1ccc([C@@H]2[C@@H](CO)OCCN2C(=O)C2CCN(C(=O)C(C)C)CC2)cc1OC. The van der Waals surface area contributed by atoms with Gasteiger partial charge in [0.2, 0.25) is 11.8 Å². The zero-order valence-corrected chi connectivity index (χ0v) is 18.9. The minimum Gasteiger partial charge on any atom is -0.493 e. The number of methoxy groups -OCH3 is 2. The molecule has 0 aliphatic carbocycles. The van der Waals surface area contributed by atoms with E-state index in [0.29, 0.717) is 50.6 Å². The molecule has 2 aliphatic rings. The van der Waals surface area contributed by atoms with Gasteiger partial charge in [-0.05, 0) is 30.5 Å². The molecule has 172 valence electrons. The molecule has 0 saturated carbocycles. The van der Waals surface area contributed by atoms with Gasteiger partial charge in [-0.15, -0.1) is 0 Å². The first kappa shape index (κ1) is 23.3. The summed E-state index contributed by atoms with van der Waals surface area (Å²) in [6.45, 7) is 5.64. The maximum atomic E-state index is 13.5. The molecule has 0 bridgehead atoms. The van der Waals surface area contributed by atoms with Crippen molar-refractivity contribution in [3.05, 3.63) is 23.8 Å². The standard InChI is InChI=1S/C23H34N2O6/c1-15(2)22(27)24-9-7-16(8-10-24)23(28)25-11-12-31-20(14-26)21(25)17-5-6-18(29-3)19(13-17)30-4/h5-6,13,15-16,20-21,26H,7-12,14H2,1-4H3/t20-,21-/m1/s1. The van der Waals surface area contributed by atoms with Gasteiger partial charge < -0.3 is 29.1 Å². The molecule has 8 heteroatoms. The van der Waals surface area contributed by atoms with Crippen molar-refractivity contribution >= 4 is 11.8 Å². The van der Waals surface area contributed by atoms with E-state index in [2.05, 4.69) is 0 Å². The van der Waals surface area contributed by atoms with Crippen LogP contribution in [0.25, 0.3) is 0 Å². The van der Waals surface area contributed by atoms with Gasteiger partial charge >= 0.3 is 0 Å². The number of amides is 2. The Morgan fingerprint density at radius 3 is 2.39 bits per heavy atom. The lowest BCUT2D eigenvalue weighted by Crippen LogP contribution is -2.52. The van der Waals surface area contributed by atoms with Crippen LogP contribution in [0.2, 0.25) is 0 Å². The summed E-state index contributed by atoms with van der Waals surface area (Å²) < 4.78 is 16.6. The van der Waals surface area contributed by atoms with Gasteiger partial charge in [0.1, 0.15) is 6.10 Å². The lowest BCUT2D eigenvalue weighted by molar-refractivity contribution is -0.156. The molecule has 2 heterocycles. The van der Waals surface area contributed by atoms with E-state index in [-0.39, 0.29) is 30.3 Å². The maximum Gasteiger partial charge on any atom is 0.226 e. The molecule has 1 aromatic rings. The third-order valence-corrected chi connectivity index (χ3v) is 6.21. The highest BCUT2D eigenvalue weighted by Crippen LogP contribution is 2.37. The second-order valence-electron chi connectivity index (χ2n) is 8.44. The van der Waals surface area contributed by atoms with Crippen molar-refractivity contribution in [1.29, 1.82) is 0 Å². The first-order valence-electron chi connectivity index (χ1n) is 10.9. The van der Waals surface area contributed by atoms with E-state index in [1.807, 2.05) is 35.8 Å². The van der Waals surface area contributed by atoms with E-state index in [1.165, 1.54) is 0 Å². The third-order valence-electron chi connectivity index (χ3n) is 6.21. The molecule has 31 heavy (non-hydrogen) atoms. The highest BCUT2D eigenvalue weighted by Gasteiger charge is 2.40. The first-order chi connectivity index (χ1) is 14.9. The number of carbonyl (C=O) groups excluding carboxylic acids is 2. The molecule has 0 radical (unpaired) electrons. The van der Waals surface area contributed by atoms with Crippen LogP contribution in [0.3, 0.4) is 0 Å². The fraction of sp³-hybridized carbons (Fsp3) is 0.652. The van der Waals surface area contributed by atoms with Gasteiger partial charge in [0, 0.05) is 31.5 Å². The summed E-state index contributed by atoms with van der Waals surface area (Å²) in [4.78, 5) is 29.5. The van der Waals surface area contributed by atoms with Gasteiger partial charge in [-0.3, -0.25) is 9.59 Å². The molecular weight excluding hydrogens is 400 g/mol. The van der Waals surface area contributed by atoms with Crippen molar-refractivity contribution < 1.29 is 28.9 Å². The zero-order valence-electron chi connectivity index (χ0n) is 18.9. The van der Waals surface area contributed by atoms with Crippen molar-refractivity contribution in [1.82, 2.24) is 9.80 Å². The molecule has 0 spiro atoms. The molecule has 8 nitrogen and oxygen atoms in total. The Labute approximate surface area is 184 Å². The largest absolute Gasteiger partial charge is 0.493 e. The van der Waals surface area contributed by atoms with E-state index >= 15 is 0 Å². The normalized spacial score (nSPS) is 22.5. The number of nitrogens with zero attached hydrogens (tertiary/aromatic N) is 2. The van der Waals surface area contributed by atoms with Crippen LogP contribution in [0.5, 0.6) is 11.5 Å². The molecule has 2 aliphatic heterocycles. The Bertz CT molecular complexity index is 775. The summed E-state index contributed by atoms with van der Waals surface area (Å²) >= 11 is 0. The van der Waals surface area contributed by atoms with Crippen LogP contribution < -0.4 is 9.47 Å². The summed E-state index contributed by atoms with van der Waals surface area (Å²) in [7, 11) is 3.14. The van der Waals surface area contributed by atoms with Crippen LogP contribution in [-0.4, -0.2) is 79.9 Å². The first-order valence-corrected chi connectivity index (χ1v) is 10.9. The summed E-state index contributed by atoms with van der Waals surface area (Å²) in [5.41, 5.74) is 0.831. The number of ether oxygens (including phenoxy) is 3. The number of benzene rings is 1. The average molecular weight is 435 g/mol. The molecular formula is C23H34N2O6. The van der Waals surface area contributed by atoms with Crippen LogP contribution in [0.1, 0.15) is 38.3 Å².